The van der Waals surface area contributed by atoms with Gasteiger partial charge in [0.25, 0.3) is 0 Å². The average molecular weight is 490 g/mol. The van der Waals surface area contributed by atoms with E-state index in [0.717, 1.165) is 5.56 Å². The molecule has 0 aliphatic heterocycles. The van der Waals surface area contributed by atoms with Gasteiger partial charge in [0.15, 0.2) is 29.8 Å². The van der Waals surface area contributed by atoms with Gasteiger partial charge in [0.05, 0.1) is 31.9 Å². The molecule has 11 heteroatoms. The molecule has 1 unspecified atom stereocenters. The van der Waals surface area contributed by atoms with Crippen molar-refractivity contribution in [1.29, 1.82) is 0 Å². The van der Waals surface area contributed by atoms with Crippen molar-refractivity contribution in [1.82, 2.24) is 14.5 Å². The summed E-state index contributed by atoms with van der Waals surface area (Å²) in [5.74, 6) is 0.714. The first kappa shape index (κ1) is 25.3. The zero-order valence-electron chi connectivity index (χ0n) is 19.7. The number of fused-ring (bicyclic) bond motifs is 1. The highest BCUT2D eigenvalue weighted by atomic mass is 32.2. The van der Waals surface area contributed by atoms with Gasteiger partial charge in [0.1, 0.15) is 5.69 Å². The summed E-state index contributed by atoms with van der Waals surface area (Å²) in [4.78, 5) is 32.8. The van der Waals surface area contributed by atoms with Crippen LogP contribution in [0.3, 0.4) is 0 Å². The topological polar surface area (TPSA) is 125 Å². The minimum absolute atomic E-state index is 0.0245. The minimum Gasteiger partial charge on any atom is -0.609 e. The molecule has 0 amide bonds. The number of nitrogens with zero attached hydrogens (tertiary/aromatic N) is 3. The van der Waals surface area contributed by atoms with Gasteiger partial charge in [-0.15, -0.1) is 0 Å². The predicted molar refractivity (Wildman–Crippen MR) is 125 cm³/mol. The van der Waals surface area contributed by atoms with Gasteiger partial charge in [-0.25, -0.2) is 9.36 Å². The molecule has 182 valence electrons. The molecule has 2 heterocycles. The van der Waals surface area contributed by atoms with Gasteiger partial charge >= 0.3 is 11.3 Å². The molecule has 1 atom stereocenters. The van der Waals surface area contributed by atoms with Crippen molar-refractivity contribution in [2.75, 3.05) is 20.8 Å². The lowest BCUT2D eigenvalue weighted by Gasteiger charge is -2.15. The molecule has 2 aromatic heterocycles. The fourth-order valence-corrected chi connectivity index (χ4v) is 4.71. The van der Waals surface area contributed by atoms with Crippen LogP contribution in [0.5, 0.6) is 11.5 Å². The maximum absolute atomic E-state index is 13.5. The molecule has 1 aromatic carbocycles. The number of ether oxygens (including phenoxy) is 4. The van der Waals surface area contributed by atoms with E-state index in [0.29, 0.717) is 40.2 Å². The van der Waals surface area contributed by atoms with Crippen molar-refractivity contribution in [2.45, 2.75) is 44.8 Å². The number of pyridine rings is 1. The van der Waals surface area contributed by atoms with E-state index in [2.05, 4.69) is 9.97 Å². The van der Waals surface area contributed by atoms with Crippen LogP contribution in [-0.4, -0.2) is 51.9 Å². The number of rotatable bonds is 10. The first-order valence-electron chi connectivity index (χ1n) is 10.6. The zero-order valence-corrected chi connectivity index (χ0v) is 20.6. The van der Waals surface area contributed by atoms with E-state index in [1.54, 1.807) is 25.1 Å². The monoisotopic (exact) mass is 489 g/mol. The summed E-state index contributed by atoms with van der Waals surface area (Å²) in [5, 5.41) is 0.161. The van der Waals surface area contributed by atoms with Crippen LogP contribution in [0, 0.1) is 0 Å². The highest BCUT2D eigenvalue weighted by Crippen LogP contribution is 2.32. The maximum Gasteiger partial charge on any atom is 0.510 e. The summed E-state index contributed by atoms with van der Waals surface area (Å²) in [6.45, 7) is 4.98. The molecule has 34 heavy (non-hydrogen) atoms. The highest BCUT2D eigenvalue weighted by Gasteiger charge is 2.27. The number of imidazole rings is 1. The van der Waals surface area contributed by atoms with Crippen LogP contribution < -0.4 is 9.47 Å². The van der Waals surface area contributed by atoms with Crippen molar-refractivity contribution < 1.29 is 33.1 Å². The van der Waals surface area contributed by atoms with Crippen molar-refractivity contribution >= 4 is 34.1 Å². The Labute approximate surface area is 200 Å². The van der Waals surface area contributed by atoms with Crippen LogP contribution in [0.15, 0.2) is 29.6 Å². The van der Waals surface area contributed by atoms with E-state index in [4.69, 9.17) is 18.9 Å². The number of aryl methyl sites for hydroxylation is 1. The van der Waals surface area contributed by atoms with Gasteiger partial charge in [-0.1, -0.05) is 6.92 Å². The number of methoxy groups -OCH3 is 2. The van der Waals surface area contributed by atoms with Crippen LogP contribution in [0.4, 0.5) is 4.79 Å². The number of Topliss-reactive ketones (excluding diaryl/α,β-unsaturated/α-hetero) is 1. The summed E-state index contributed by atoms with van der Waals surface area (Å²) in [5.41, 5.74) is 2.82. The van der Waals surface area contributed by atoms with Gasteiger partial charge in [0, 0.05) is 29.0 Å². The molecule has 3 aromatic rings. The third-order valence-electron chi connectivity index (χ3n) is 5.11. The summed E-state index contributed by atoms with van der Waals surface area (Å²) in [7, 11) is 2.98. The van der Waals surface area contributed by atoms with Crippen LogP contribution in [-0.2, 0) is 39.6 Å². The number of aromatic nitrogens is 3. The fourth-order valence-electron chi connectivity index (χ4n) is 3.53. The quantitative estimate of drug-likeness (QED) is 0.238. The van der Waals surface area contributed by atoms with Crippen molar-refractivity contribution in [3.63, 3.8) is 0 Å². The van der Waals surface area contributed by atoms with Gasteiger partial charge in [-0.3, -0.25) is 9.78 Å². The molecule has 0 saturated heterocycles. The molecule has 0 N–H and O–H groups in total. The van der Waals surface area contributed by atoms with Crippen LogP contribution >= 0.6 is 0 Å². The van der Waals surface area contributed by atoms with E-state index in [9.17, 15) is 14.1 Å². The largest absolute Gasteiger partial charge is 0.609 e. The Morgan fingerprint density at radius 1 is 1.15 bits per heavy atom. The molecule has 0 spiro atoms. The fraction of sp³-hybridized carbons (Fsp3) is 0.391. The standard InChI is InChI=1S/C23H27N3O7S/c1-6-15-10-19-17(11-16(15)14(3)27)25-22(26(19)13-33-23(28)32-7-2)34(29)12-18-21(31-5)20(30-4)8-9-24-18/h8-11H,6-7,12-13H2,1-5H3. The van der Waals surface area contributed by atoms with Crippen LogP contribution in [0.2, 0.25) is 0 Å². The third kappa shape index (κ3) is 5.26. The predicted octanol–water partition coefficient (Wildman–Crippen LogP) is 3.65. The Balaban J connectivity index is 2.08. The SMILES string of the molecule is CCOC(=O)OCn1c([S+]([O-])Cc2nccc(OC)c2OC)nc2cc(C(C)=O)c(CC)cc21. The van der Waals surface area contributed by atoms with Crippen molar-refractivity contribution in [3.8, 4) is 11.5 Å². The molecular formula is C23H27N3O7S. The molecule has 0 aliphatic rings. The molecule has 10 nitrogen and oxygen atoms in total. The molecule has 0 fully saturated rings. The van der Waals surface area contributed by atoms with Gasteiger partial charge in [0.2, 0.25) is 0 Å². The molecule has 0 aliphatic carbocycles. The Hall–Kier alpha value is -3.31. The highest BCUT2D eigenvalue weighted by molar-refractivity contribution is 7.90. The number of benzene rings is 1. The zero-order chi connectivity index (χ0) is 24.8. The van der Waals surface area contributed by atoms with Crippen molar-refractivity contribution in [3.05, 3.63) is 41.2 Å². The molecule has 0 bridgehead atoms. The van der Waals surface area contributed by atoms with Crippen LogP contribution in [0.25, 0.3) is 11.0 Å². The van der Waals surface area contributed by atoms with E-state index >= 15 is 0 Å². The summed E-state index contributed by atoms with van der Waals surface area (Å²) in [6.07, 6.45) is 1.29. The van der Waals surface area contributed by atoms with E-state index < -0.39 is 17.3 Å². The Kier molecular flexibility index (Phi) is 8.35. The summed E-state index contributed by atoms with van der Waals surface area (Å²) in [6, 6.07) is 5.12. The number of carbonyl (C=O) groups excluding carboxylic acids is 2. The van der Waals surface area contributed by atoms with E-state index in [1.165, 1.54) is 31.9 Å². The number of hydrogen-bond acceptors (Lipinski definition) is 9. The van der Waals surface area contributed by atoms with Crippen molar-refractivity contribution in [2.24, 2.45) is 0 Å². The average Bonchev–Trinajstić information content (AvgIpc) is 3.19. The van der Waals surface area contributed by atoms with E-state index in [-0.39, 0.29) is 30.0 Å². The number of hydrogen-bond donors (Lipinski definition) is 0. The molecule has 0 saturated carbocycles. The smallest absolute Gasteiger partial charge is 0.510 e. The first-order valence-corrected chi connectivity index (χ1v) is 11.9. The lowest BCUT2D eigenvalue weighted by atomic mass is 10.0. The van der Waals surface area contributed by atoms with Gasteiger partial charge in [-0.05, 0) is 38.0 Å². The number of ketones is 1. The second kappa shape index (κ2) is 11.2. The number of carbonyl (C=O) groups is 2. The third-order valence-corrected chi connectivity index (χ3v) is 6.36. The van der Waals surface area contributed by atoms with Gasteiger partial charge in [-0.2, -0.15) is 4.98 Å². The first-order chi connectivity index (χ1) is 16.3. The normalized spacial score (nSPS) is 11.8. The Morgan fingerprint density at radius 3 is 2.53 bits per heavy atom. The van der Waals surface area contributed by atoms with E-state index in [1.807, 2.05) is 6.92 Å². The molecule has 0 radical (unpaired) electrons. The second-order valence-electron chi connectivity index (χ2n) is 7.17. The summed E-state index contributed by atoms with van der Waals surface area (Å²) >= 11 is -1.71. The lowest BCUT2D eigenvalue weighted by molar-refractivity contribution is 0.0357. The van der Waals surface area contributed by atoms with Crippen LogP contribution in [0.1, 0.15) is 42.4 Å². The molecular weight excluding hydrogens is 462 g/mol. The summed E-state index contributed by atoms with van der Waals surface area (Å²) < 4.78 is 35.8. The lowest BCUT2D eigenvalue weighted by Crippen LogP contribution is -2.17. The minimum atomic E-state index is -1.71. The Morgan fingerprint density at radius 2 is 1.91 bits per heavy atom. The molecule has 3 rings (SSSR count). The Bertz CT molecular complexity index is 1200. The maximum atomic E-state index is 13.5. The van der Waals surface area contributed by atoms with Gasteiger partial charge < -0.3 is 23.5 Å². The second-order valence-corrected chi connectivity index (χ2v) is 8.51.